The van der Waals surface area contributed by atoms with E-state index >= 15 is 0 Å². The largest absolute Gasteiger partial charge is 0.383 e. The van der Waals surface area contributed by atoms with Crippen molar-refractivity contribution in [3.05, 3.63) is 57.2 Å². The summed E-state index contributed by atoms with van der Waals surface area (Å²) < 4.78 is 5.18. The molecule has 0 unspecified atom stereocenters. The first kappa shape index (κ1) is 22.8. The number of carbonyl (C=O) groups is 2. The molecule has 5 nitrogen and oxygen atoms in total. The number of thiophene rings is 1. The Morgan fingerprint density at radius 1 is 1.20 bits per heavy atom. The first-order valence-corrected chi connectivity index (χ1v) is 11.7. The molecule has 1 aliphatic rings. The highest BCUT2D eigenvalue weighted by atomic mass is 35.5. The second-order valence-corrected chi connectivity index (χ2v) is 9.08. The van der Waals surface area contributed by atoms with Gasteiger partial charge in [0.25, 0.3) is 5.91 Å². The number of carbonyl (C=O) groups excluding carboxylic acids is 2. The zero-order valence-electron chi connectivity index (χ0n) is 17.4. The zero-order chi connectivity index (χ0) is 21.3. The first-order valence-electron chi connectivity index (χ1n) is 10.4. The van der Waals surface area contributed by atoms with Crippen molar-refractivity contribution in [1.82, 2.24) is 9.80 Å². The summed E-state index contributed by atoms with van der Waals surface area (Å²) in [5, 5.41) is 2.53. The van der Waals surface area contributed by atoms with Crippen molar-refractivity contribution in [3.63, 3.8) is 0 Å². The monoisotopic (exact) mass is 448 g/mol. The summed E-state index contributed by atoms with van der Waals surface area (Å²) in [6, 6.07) is 11.3. The Balaban J connectivity index is 1.46. The van der Waals surface area contributed by atoms with Crippen LogP contribution >= 0.6 is 22.9 Å². The highest BCUT2D eigenvalue weighted by Gasteiger charge is 2.25. The van der Waals surface area contributed by atoms with Crippen LogP contribution in [0.15, 0.2) is 41.8 Å². The van der Waals surface area contributed by atoms with Gasteiger partial charge in [0.05, 0.1) is 23.7 Å². The van der Waals surface area contributed by atoms with E-state index in [9.17, 15) is 9.59 Å². The zero-order valence-corrected chi connectivity index (χ0v) is 19.0. The summed E-state index contributed by atoms with van der Waals surface area (Å²) >= 11 is 7.84. The summed E-state index contributed by atoms with van der Waals surface area (Å²) in [6.45, 7) is 3.22. The van der Waals surface area contributed by atoms with Crippen molar-refractivity contribution < 1.29 is 14.3 Å². The SMILES string of the molecule is COCCN(Cc1cccs1)C(=O)CCC1CCN(C(=O)c2ccccc2Cl)CC1. The Hall–Kier alpha value is -1.89. The Bertz CT molecular complexity index is 820. The molecule has 30 heavy (non-hydrogen) atoms. The van der Waals surface area contributed by atoms with Crippen molar-refractivity contribution >= 4 is 34.8 Å². The van der Waals surface area contributed by atoms with E-state index in [1.807, 2.05) is 33.4 Å². The number of hydrogen-bond acceptors (Lipinski definition) is 4. The van der Waals surface area contributed by atoms with E-state index in [2.05, 4.69) is 6.07 Å². The van der Waals surface area contributed by atoms with Gasteiger partial charge in [-0.1, -0.05) is 29.8 Å². The lowest BCUT2D eigenvalue weighted by Crippen LogP contribution is -2.39. The van der Waals surface area contributed by atoms with Gasteiger partial charge in [0, 0.05) is 38.0 Å². The van der Waals surface area contributed by atoms with Crippen molar-refractivity contribution in [3.8, 4) is 0 Å². The Kier molecular flexibility index (Phi) is 8.73. The number of methoxy groups -OCH3 is 1. The summed E-state index contributed by atoms with van der Waals surface area (Å²) in [5.41, 5.74) is 0.565. The number of hydrogen-bond donors (Lipinski definition) is 0. The molecule has 0 bridgehead atoms. The number of nitrogens with zero attached hydrogens (tertiary/aromatic N) is 2. The summed E-state index contributed by atoms with van der Waals surface area (Å²) in [5.74, 6) is 0.641. The van der Waals surface area contributed by atoms with Crippen LogP contribution in [0.2, 0.25) is 5.02 Å². The normalized spacial score (nSPS) is 14.7. The third kappa shape index (κ3) is 6.30. The van der Waals surface area contributed by atoms with Gasteiger partial charge in [0.2, 0.25) is 5.91 Å². The number of halogens is 1. The minimum absolute atomic E-state index is 0.00295. The fourth-order valence-corrected chi connectivity index (χ4v) is 4.74. The van der Waals surface area contributed by atoms with E-state index in [1.54, 1.807) is 30.6 Å². The average molecular weight is 449 g/mol. The molecule has 162 valence electrons. The number of benzene rings is 1. The molecule has 0 N–H and O–H groups in total. The summed E-state index contributed by atoms with van der Waals surface area (Å²) in [6.07, 6.45) is 3.25. The number of likely N-dealkylation sites (tertiary alicyclic amines) is 1. The minimum Gasteiger partial charge on any atom is -0.383 e. The average Bonchev–Trinajstić information content (AvgIpc) is 3.28. The molecule has 7 heteroatoms. The van der Waals surface area contributed by atoms with E-state index in [0.29, 0.717) is 55.7 Å². The van der Waals surface area contributed by atoms with Crippen LogP contribution < -0.4 is 0 Å². The van der Waals surface area contributed by atoms with Crippen LogP contribution in [0.3, 0.4) is 0 Å². The van der Waals surface area contributed by atoms with Gasteiger partial charge >= 0.3 is 0 Å². The van der Waals surface area contributed by atoms with Crippen LogP contribution in [-0.2, 0) is 16.1 Å². The van der Waals surface area contributed by atoms with E-state index < -0.39 is 0 Å². The maximum atomic E-state index is 12.8. The number of ether oxygens (including phenoxy) is 1. The second kappa shape index (κ2) is 11.5. The van der Waals surface area contributed by atoms with Crippen LogP contribution in [0.25, 0.3) is 0 Å². The van der Waals surface area contributed by atoms with Crippen LogP contribution in [-0.4, -0.2) is 55.0 Å². The smallest absolute Gasteiger partial charge is 0.255 e. The molecule has 2 amide bonds. The lowest BCUT2D eigenvalue weighted by atomic mass is 9.91. The highest BCUT2D eigenvalue weighted by Crippen LogP contribution is 2.25. The molecule has 1 aromatic heterocycles. The fourth-order valence-electron chi connectivity index (χ4n) is 3.80. The van der Waals surface area contributed by atoms with E-state index in [-0.39, 0.29) is 11.8 Å². The molecule has 2 heterocycles. The van der Waals surface area contributed by atoms with Crippen molar-refractivity contribution in [2.24, 2.45) is 5.92 Å². The predicted octanol–water partition coefficient (Wildman–Crippen LogP) is 4.71. The molecule has 1 fully saturated rings. The first-order chi connectivity index (χ1) is 14.6. The van der Waals surface area contributed by atoms with Gasteiger partial charge in [-0.25, -0.2) is 0 Å². The standard InChI is InChI=1S/C23H29ClN2O3S/c1-29-15-14-26(17-19-5-4-16-30-19)22(27)9-8-18-10-12-25(13-11-18)23(28)20-6-2-3-7-21(20)24/h2-7,16,18H,8-15,17H2,1H3. The van der Waals surface area contributed by atoms with E-state index in [0.717, 1.165) is 19.3 Å². The van der Waals surface area contributed by atoms with E-state index in [1.165, 1.54) is 4.88 Å². The number of amides is 2. The van der Waals surface area contributed by atoms with Gasteiger partial charge in [0.1, 0.15) is 0 Å². The third-order valence-electron chi connectivity index (χ3n) is 5.62. The lowest BCUT2D eigenvalue weighted by molar-refractivity contribution is -0.132. The van der Waals surface area contributed by atoms with Crippen molar-refractivity contribution in [2.75, 3.05) is 33.4 Å². The van der Waals surface area contributed by atoms with E-state index in [4.69, 9.17) is 16.3 Å². The molecular formula is C23H29ClN2O3S. The molecule has 1 aliphatic heterocycles. The van der Waals surface area contributed by atoms with Crippen LogP contribution in [0.4, 0.5) is 0 Å². The van der Waals surface area contributed by atoms with Crippen LogP contribution in [0.1, 0.15) is 40.9 Å². The predicted molar refractivity (Wildman–Crippen MR) is 121 cm³/mol. The molecule has 1 saturated heterocycles. The summed E-state index contributed by atoms with van der Waals surface area (Å²) in [4.78, 5) is 30.5. The number of rotatable bonds is 9. The quantitative estimate of drug-likeness (QED) is 0.558. The van der Waals surface area contributed by atoms with Crippen molar-refractivity contribution in [1.29, 1.82) is 0 Å². The number of piperidine rings is 1. The molecule has 0 saturated carbocycles. The van der Waals surface area contributed by atoms with Gasteiger partial charge in [0.15, 0.2) is 0 Å². The van der Waals surface area contributed by atoms with Gasteiger partial charge in [-0.2, -0.15) is 0 Å². The van der Waals surface area contributed by atoms with Gasteiger partial charge in [-0.05, 0) is 48.8 Å². The molecule has 3 rings (SSSR count). The summed E-state index contributed by atoms with van der Waals surface area (Å²) in [7, 11) is 1.66. The Morgan fingerprint density at radius 2 is 1.97 bits per heavy atom. The molecule has 2 aromatic rings. The highest BCUT2D eigenvalue weighted by molar-refractivity contribution is 7.09. The Labute approximate surface area is 187 Å². The topological polar surface area (TPSA) is 49.9 Å². The molecule has 1 aromatic carbocycles. The third-order valence-corrected chi connectivity index (χ3v) is 6.81. The van der Waals surface area contributed by atoms with Crippen LogP contribution in [0, 0.1) is 5.92 Å². The second-order valence-electron chi connectivity index (χ2n) is 7.64. The van der Waals surface area contributed by atoms with Gasteiger partial charge in [-0.3, -0.25) is 9.59 Å². The Morgan fingerprint density at radius 3 is 2.63 bits per heavy atom. The van der Waals surface area contributed by atoms with Crippen LogP contribution in [0.5, 0.6) is 0 Å². The minimum atomic E-state index is -0.00295. The fraction of sp³-hybridized carbons (Fsp3) is 0.478. The van der Waals surface area contributed by atoms with Crippen molar-refractivity contribution in [2.45, 2.75) is 32.2 Å². The molecule has 0 aliphatic carbocycles. The van der Waals surface area contributed by atoms with Gasteiger partial charge < -0.3 is 14.5 Å². The lowest BCUT2D eigenvalue weighted by Gasteiger charge is -2.32. The molecule has 0 radical (unpaired) electrons. The molecule has 0 spiro atoms. The maximum Gasteiger partial charge on any atom is 0.255 e. The van der Waals surface area contributed by atoms with Gasteiger partial charge in [-0.15, -0.1) is 11.3 Å². The maximum absolute atomic E-state index is 12.8. The molecule has 0 atom stereocenters. The molecular weight excluding hydrogens is 420 g/mol.